The van der Waals surface area contributed by atoms with E-state index in [0.29, 0.717) is 12.4 Å². The molecule has 2 aliphatic rings. The van der Waals surface area contributed by atoms with Gasteiger partial charge >= 0.3 is 0 Å². The molecular formula is C22H27N3O3. The van der Waals surface area contributed by atoms with Gasteiger partial charge in [-0.15, -0.1) is 10.2 Å². The summed E-state index contributed by atoms with van der Waals surface area (Å²) in [7, 11) is 1.57. The van der Waals surface area contributed by atoms with E-state index in [1.165, 1.54) is 6.42 Å². The number of amides is 1. The third-order valence-corrected chi connectivity index (χ3v) is 5.94. The number of hydrogen-bond acceptors (Lipinski definition) is 5. The quantitative estimate of drug-likeness (QED) is 0.857. The Morgan fingerprint density at radius 1 is 1.21 bits per heavy atom. The molecule has 148 valence electrons. The summed E-state index contributed by atoms with van der Waals surface area (Å²) in [4.78, 5) is 12.6. The summed E-state index contributed by atoms with van der Waals surface area (Å²) in [5.41, 5.74) is 2.71. The largest absolute Gasteiger partial charge is 0.488 e. The van der Waals surface area contributed by atoms with Crippen molar-refractivity contribution in [3.8, 4) is 22.9 Å². The first kappa shape index (κ1) is 18.7. The van der Waals surface area contributed by atoms with Gasteiger partial charge in [-0.05, 0) is 42.7 Å². The van der Waals surface area contributed by atoms with E-state index in [-0.39, 0.29) is 17.4 Å². The minimum Gasteiger partial charge on any atom is -0.488 e. The molecule has 0 saturated heterocycles. The summed E-state index contributed by atoms with van der Waals surface area (Å²) in [5, 5.41) is 11.4. The van der Waals surface area contributed by atoms with E-state index in [4.69, 9.17) is 9.47 Å². The number of nitrogens with zero attached hydrogens (tertiary/aromatic N) is 2. The molecule has 0 unspecified atom stereocenters. The maximum atomic E-state index is 12.6. The van der Waals surface area contributed by atoms with Crippen LogP contribution in [-0.4, -0.2) is 35.9 Å². The van der Waals surface area contributed by atoms with Crippen molar-refractivity contribution in [1.82, 2.24) is 15.5 Å². The predicted molar refractivity (Wildman–Crippen MR) is 106 cm³/mol. The van der Waals surface area contributed by atoms with Crippen LogP contribution in [-0.2, 0) is 11.2 Å². The number of carbonyl (C=O) groups is 1. The van der Waals surface area contributed by atoms with E-state index in [0.717, 1.165) is 54.7 Å². The zero-order chi connectivity index (χ0) is 19.6. The molecule has 1 fully saturated rings. The third kappa shape index (κ3) is 3.81. The van der Waals surface area contributed by atoms with Gasteiger partial charge < -0.3 is 14.8 Å². The van der Waals surface area contributed by atoms with Gasteiger partial charge in [-0.25, -0.2) is 0 Å². The van der Waals surface area contributed by atoms with Crippen molar-refractivity contribution >= 4 is 5.91 Å². The van der Waals surface area contributed by atoms with Crippen molar-refractivity contribution in [1.29, 1.82) is 0 Å². The Labute approximate surface area is 165 Å². The van der Waals surface area contributed by atoms with Gasteiger partial charge in [-0.1, -0.05) is 26.2 Å². The molecule has 1 aromatic heterocycles. The molecule has 1 N–H and O–H groups in total. The summed E-state index contributed by atoms with van der Waals surface area (Å²) in [6, 6.07) is 9.75. The fourth-order valence-electron chi connectivity index (χ4n) is 4.16. The van der Waals surface area contributed by atoms with Crippen LogP contribution in [0, 0.1) is 5.41 Å². The van der Waals surface area contributed by atoms with Crippen molar-refractivity contribution in [3.63, 3.8) is 0 Å². The normalized spacial score (nSPS) is 20.1. The number of nitrogens with one attached hydrogen (secondary N) is 1. The van der Waals surface area contributed by atoms with Crippen LogP contribution in [0.5, 0.6) is 11.6 Å². The van der Waals surface area contributed by atoms with Crippen molar-refractivity contribution in [2.45, 2.75) is 51.6 Å². The van der Waals surface area contributed by atoms with Crippen molar-refractivity contribution in [3.05, 3.63) is 35.9 Å². The maximum absolute atomic E-state index is 12.6. The summed E-state index contributed by atoms with van der Waals surface area (Å²) >= 11 is 0. The second-order valence-electron chi connectivity index (χ2n) is 8.06. The zero-order valence-electron chi connectivity index (χ0n) is 16.5. The second-order valence-corrected chi connectivity index (χ2v) is 8.06. The molecule has 1 aromatic carbocycles. The van der Waals surface area contributed by atoms with E-state index in [1.807, 2.05) is 18.2 Å². The fourth-order valence-corrected chi connectivity index (χ4v) is 4.16. The molecule has 0 bridgehead atoms. The SMILES string of the molecule is COc1ccc(-c2ccc3c(c2)C[C@H](CNC(=O)C2(C)CCCCC2)O3)nn1. The molecule has 1 aliphatic heterocycles. The molecule has 2 aromatic rings. The first-order valence-corrected chi connectivity index (χ1v) is 10.0. The number of carbonyl (C=O) groups excluding carboxylic acids is 1. The number of rotatable bonds is 5. The van der Waals surface area contributed by atoms with Gasteiger partial charge in [0.1, 0.15) is 11.9 Å². The van der Waals surface area contributed by atoms with Gasteiger partial charge in [-0.3, -0.25) is 4.79 Å². The number of ether oxygens (including phenoxy) is 2. The number of hydrogen-bond donors (Lipinski definition) is 1. The molecule has 6 heteroatoms. The molecule has 2 heterocycles. The highest BCUT2D eigenvalue weighted by Crippen LogP contribution is 2.36. The molecule has 0 radical (unpaired) electrons. The van der Waals surface area contributed by atoms with Gasteiger partial charge in [0.25, 0.3) is 0 Å². The van der Waals surface area contributed by atoms with Crippen molar-refractivity contribution in [2.75, 3.05) is 13.7 Å². The number of benzene rings is 1. The average Bonchev–Trinajstić information content (AvgIpc) is 3.14. The van der Waals surface area contributed by atoms with Gasteiger partial charge in [0.2, 0.25) is 11.8 Å². The summed E-state index contributed by atoms with van der Waals surface area (Å²) in [6.07, 6.45) is 6.25. The molecule has 6 nitrogen and oxygen atoms in total. The van der Waals surface area contributed by atoms with Crippen LogP contribution in [0.3, 0.4) is 0 Å². The molecule has 4 rings (SSSR count). The molecule has 28 heavy (non-hydrogen) atoms. The molecule has 1 saturated carbocycles. The third-order valence-electron chi connectivity index (χ3n) is 5.94. The first-order valence-electron chi connectivity index (χ1n) is 10.0. The fraction of sp³-hybridized carbons (Fsp3) is 0.500. The van der Waals surface area contributed by atoms with E-state index < -0.39 is 0 Å². The molecule has 1 aliphatic carbocycles. The van der Waals surface area contributed by atoms with Gasteiger partial charge in [0, 0.05) is 23.5 Å². The van der Waals surface area contributed by atoms with Crippen molar-refractivity contribution < 1.29 is 14.3 Å². The minimum absolute atomic E-state index is 0.0247. The average molecular weight is 381 g/mol. The van der Waals surface area contributed by atoms with Gasteiger partial charge in [0.05, 0.1) is 19.3 Å². The van der Waals surface area contributed by atoms with Gasteiger partial charge in [-0.2, -0.15) is 0 Å². The lowest BCUT2D eigenvalue weighted by Crippen LogP contribution is -2.44. The highest BCUT2D eigenvalue weighted by molar-refractivity contribution is 5.82. The molecule has 1 atom stereocenters. The summed E-state index contributed by atoms with van der Waals surface area (Å²) < 4.78 is 11.1. The lowest BCUT2D eigenvalue weighted by Gasteiger charge is -2.32. The summed E-state index contributed by atoms with van der Waals surface area (Å²) in [6.45, 7) is 2.63. The van der Waals surface area contributed by atoms with E-state index in [9.17, 15) is 4.79 Å². The maximum Gasteiger partial charge on any atom is 0.233 e. The number of fused-ring (bicyclic) bond motifs is 1. The first-order chi connectivity index (χ1) is 13.6. The highest BCUT2D eigenvalue weighted by Gasteiger charge is 2.35. The molecule has 0 spiro atoms. The second kappa shape index (κ2) is 7.78. The summed E-state index contributed by atoms with van der Waals surface area (Å²) in [5.74, 6) is 1.55. The minimum atomic E-state index is -0.218. The van der Waals surface area contributed by atoms with Crippen LogP contribution in [0.4, 0.5) is 0 Å². The lowest BCUT2D eigenvalue weighted by atomic mass is 9.75. The lowest BCUT2D eigenvalue weighted by molar-refractivity contribution is -0.132. The topological polar surface area (TPSA) is 73.3 Å². The van der Waals surface area contributed by atoms with Crippen LogP contribution in [0.25, 0.3) is 11.3 Å². The highest BCUT2D eigenvalue weighted by atomic mass is 16.5. The van der Waals surface area contributed by atoms with Crippen LogP contribution in [0.2, 0.25) is 0 Å². The van der Waals surface area contributed by atoms with Crippen LogP contribution >= 0.6 is 0 Å². The smallest absolute Gasteiger partial charge is 0.233 e. The standard InChI is InChI=1S/C22H27N3O3/c1-22(10-4-3-5-11-22)21(26)23-14-17-13-16-12-15(6-8-19(16)28-17)18-7-9-20(27-2)25-24-18/h6-9,12,17H,3-5,10-11,13-14H2,1-2H3,(H,23,26)/t17-/m1/s1. The van der Waals surface area contributed by atoms with Gasteiger partial charge in [0.15, 0.2) is 0 Å². The Balaban J connectivity index is 1.37. The van der Waals surface area contributed by atoms with E-state index in [2.05, 4.69) is 28.5 Å². The Kier molecular flexibility index (Phi) is 5.20. The Morgan fingerprint density at radius 2 is 2.04 bits per heavy atom. The zero-order valence-corrected chi connectivity index (χ0v) is 16.5. The van der Waals surface area contributed by atoms with Crippen LogP contribution < -0.4 is 14.8 Å². The Bertz CT molecular complexity index is 845. The molecular weight excluding hydrogens is 354 g/mol. The number of aromatic nitrogens is 2. The number of methoxy groups -OCH3 is 1. The molecule has 1 amide bonds. The van der Waals surface area contributed by atoms with Crippen LogP contribution in [0.1, 0.15) is 44.6 Å². The Hall–Kier alpha value is -2.63. The predicted octanol–water partition coefficient (Wildman–Crippen LogP) is 3.54. The van der Waals surface area contributed by atoms with Crippen LogP contribution in [0.15, 0.2) is 30.3 Å². The Morgan fingerprint density at radius 3 is 2.75 bits per heavy atom. The van der Waals surface area contributed by atoms with E-state index >= 15 is 0 Å². The van der Waals surface area contributed by atoms with E-state index in [1.54, 1.807) is 13.2 Å². The monoisotopic (exact) mass is 381 g/mol. The van der Waals surface area contributed by atoms with Crippen molar-refractivity contribution in [2.24, 2.45) is 5.41 Å².